The molecule has 0 aromatic heterocycles. The predicted molar refractivity (Wildman–Crippen MR) is 18.0 cm³/mol. The molecule has 7 heavy (non-hydrogen) atoms. The van der Waals surface area contributed by atoms with Crippen molar-refractivity contribution in [3.63, 3.8) is 0 Å². The number of hydrogen-bond donors (Lipinski definition) is 1. The normalized spacial score (nSPS) is 6.29. The molecule has 4 heteroatoms. The molecule has 0 unspecified atom stereocenters. The molecule has 0 saturated heterocycles. The average Bonchev–Trinajstić information content (AvgIpc) is 1.36. The molecule has 0 saturated carbocycles. The van der Waals surface area contributed by atoms with Gasteiger partial charge in [0.2, 0.25) is 5.97 Å². The molecular formula is C3H3O3W-. The van der Waals surface area contributed by atoms with Crippen LogP contribution in [-0.4, -0.2) is 16.9 Å². The van der Waals surface area contributed by atoms with E-state index in [2.05, 4.69) is 6.92 Å². The maximum atomic E-state index is 9.43. The van der Waals surface area contributed by atoms with Gasteiger partial charge >= 0.3 is 0 Å². The molecule has 0 aliphatic heterocycles. The van der Waals surface area contributed by atoms with Crippen molar-refractivity contribution in [3.8, 4) is 0 Å². The number of carbonyl (C=O) groups is 2. The van der Waals surface area contributed by atoms with Crippen LogP contribution in [0.3, 0.4) is 0 Å². The summed E-state index contributed by atoms with van der Waals surface area (Å²) in [5.41, 5.74) is 0. The Balaban J connectivity index is 0. The molecule has 0 radical (unpaired) electrons. The Morgan fingerprint density at radius 2 is 1.57 bits per heavy atom. The van der Waals surface area contributed by atoms with Gasteiger partial charge in [0.25, 0.3) is 0 Å². The zero-order valence-electron chi connectivity index (χ0n) is 3.38. The topological polar surface area (TPSA) is 54.4 Å². The zero-order chi connectivity index (χ0) is 5.15. The zero-order valence-corrected chi connectivity index (χ0v) is 6.31. The van der Waals surface area contributed by atoms with Gasteiger partial charge in [-0.2, -0.15) is 6.92 Å². The molecule has 0 aromatic carbocycles. The summed E-state index contributed by atoms with van der Waals surface area (Å²) in [6.07, 6.45) is 0. The van der Waals surface area contributed by atoms with E-state index in [1.165, 1.54) is 0 Å². The second kappa shape index (κ2) is 3.87. The summed E-state index contributed by atoms with van der Waals surface area (Å²) < 4.78 is 0. The minimum Gasteiger partial charge on any atom is -0.560 e. The van der Waals surface area contributed by atoms with Crippen LogP contribution in [0.25, 0.3) is 0 Å². The van der Waals surface area contributed by atoms with E-state index in [0.29, 0.717) is 0 Å². The molecule has 0 amide bonds. The number of aliphatic carboxylic acids is 1. The Labute approximate surface area is 55.0 Å². The van der Waals surface area contributed by atoms with Crippen LogP contribution in [0, 0.1) is 6.92 Å². The Bertz CT molecular complexity index is 76.2. The Morgan fingerprint density at radius 3 is 1.57 bits per heavy atom. The van der Waals surface area contributed by atoms with E-state index in [1.807, 2.05) is 0 Å². The van der Waals surface area contributed by atoms with Gasteiger partial charge in [0.15, 0.2) is 0 Å². The molecule has 0 spiro atoms. The van der Waals surface area contributed by atoms with Crippen LogP contribution in [0.2, 0.25) is 0 Å². The van der Waals surface area contributed by atoms with Crippen LogP contribution >= 0.6 is 0 Å². The fourth-order valence-electron chi connectivity index (χ4n) is 0. The minimum atomic E-state index is -1.49. The number of carboxylic acids is 1. The van der Waals surface area contributed by atoms with Crippen molar-refractivity contribution in [1.82, 2.24) is 0 Å². The van der Waals surface area contributed by atoms with Gasteiger partial charge in [-0.15, -0.1) is 0 Å². The molecule has 0 aliphatic carbocycles. The smallest absolute Gasteiger partial charge is 0.212 e. The SMILES string of the molecule is [CH2-]C(=O)C(=O)O.[W]. The fourth-order valence-corrected chi connectivity index (χ4v) is 0. The fraction of sp³-hybridized carbons (Fsp3) is 0. The molecule has 0 aromatic rings. The Kier molecular flexibility index (Phi) is 5.45. The summed E-state index contributed by atoms with van der Waals surface area (Å²) in [6, 6.07) is 0. The summed E-state index contributed by atoms with van der Waals surface area (Å²) in [4.78, 5) is 18.7. The summed E-state index contributed by atoms with van der Waals surface area (Å²) in [7, 11) is 0. The number of rotatable bonds is 1. The third-order valence-electron chi connectivity index (χ3n) is 0.239. The second-order valence-electron chi connectivity index (χ2n) is 0.728. The van der Waals surface area contributed by atoms with Crippen molar-refractivity contribution >= 4 is 11.8 Å². The number of Topliss-reactive ketones (excluding diaryl/α,β-unsaturated/α-hetero) is 1. The van der Waals surface area contributed by atoms with Gasteiger partial charge in [-0.1, -0.05) is 0 Å². The first-order valence-electron chi connectivity index (χ1n) is 1.24. The van der Waals surface area contributed by atoms with Crippen LogP contribution < -0.4 is 0 Å². The monoisotopic (exact) mass is 271 g/mol. The van der Waals surface area contributed by atoms with Crippen LogP contribution in [0.5, 0.6) is 0 Å². The summed E-state index contributed by atoms with van der Waals surface area (Å²) >= 11 is 0. The maximum absolute atomic E-state index is 9.43. The van der Waals surface area contributed by atoms with Crippen molar-refractivity contribution in [2.24, 2.45) is 0 Å². The van der Waals surface area contributed by atoms with E-state index >= 15 is 0 Å². The quantitative estimate of drug-likeness (QED) is 0.515. The van der Waals surface area contributed by atoms with Gasteiger partial charge in [-0.05, 0) is 0 Å². The van der Waals surface area contributed by atoms with E-state index in [4.69, 9.17) is 5.11 Å². The van der Waals surface area contributed by atoms with Crippen molar-refractivity contribution in [1.29, 1.82) is 0 Å². The first-order valence-corrected chi connectivity index (χ1v) is 1.24. The van der Waals surface area contributed by atoms with E-state index < -0.39 is 11.8 Å². The van der Waals surface area contributed by atoms with Crippen molar-refractivity contribution in [3.05, 3.63) is 6.92 Å². The van der Waals surface area contributed by atoms with Crippen molar-refractivity contribution < 1.29 is 35.8 Å². The van der Waals surface area contributed by atoms with Crippen LogP contribution in [-0.2, 0) is 30.7 Å². The summed E-state index contributed by atoms with van der Waals surface area (Å²) in [5, 5.41) is 7.58. The van der Waals surface area contributed by atoms with Gasteiger partial charge in [0, 0.05) is 21.1 Å². The first kappa shape index (κ1) is 9.85. The first-order chi connectivity index (χ1) is 2.64. The molecule has 0 fully saturated rings. The third kappa shape index (κ3) is 5.70. The van der Waals surface area contributed by atoms with Crippen LogP contribution in [0.1, 0.15) is 0 Å². The van der Waals surface area contributed by atoms with Gasteiger partial charge in [-0.25, -0.2) is 0 Å². The predicted octanol–water partition coefficient (Wildman–Crippen LogP) is -0.528. The summed E-state index contributed by atoms with van der Waals surface area (Å²) in [5.74, 6) is -2.56. The van der Waals surface area contributed by atoms with E-state index in [9.17, 15) is 9.59 Å². The number of carboxylic acid groups (broad SMARTS) is 1. The van der Waals surface area contributed by atoms with Crippen molar-refractivity contribution in [2.75, 3.05) is 0 Å². The maximum Gasteiger partial charge on any atom is 0.212 e. The van der Waals surface area contributed by atoms with Gasteiger partial charge < -0.3 is 14.7 Å². The Morgan fingerprint density at radius 1 is 1.43 bits per heavy atom. The minimum absolute atomic E-state index is 0. The molecule has 0 heterocycles. The third-order valence-corrected chi connectivity index (χ3v) is 0.239. The van der Waals surface area contributed by atoms with Crippen molar-refractivity contribution in [2.45, 2.75) is 0 Å². The van der Waals surface area contributed by atoms with E-state index in [1.54, 1.807) is 0 Å². The number of hydrogen-bond acceptors (Lipinski definition) is 2. The van der Waals surface area contributed by atoms with Gasteiger partial charge in [0.1, 0.15) is 0 Å². The number of ketones is 1. The number of carbonyl (C=O) groups excluding carboxylic acids is 1. The van der Waals surface area contributed by atoms with Gasteiger partial charge in [0.05, 0.1) is 5.78 Å². The summed E-state index contributed by atoms with van der Waals surface area (Å²) in [6.45, 7) is 2.60. The molecule has 3 nitrogen and oxygen atoms in total. The van der Waals surface area contributed by atoms with E-state index in [-0.39, 0.29) is 21.1 Å². The van der Waals surface area contributed by atoms with Crippen LogP contribution in [0.15, 0.2) is 0 Å². The molecular weight excluding hydrogens is 268 g/mol. The molecule has 0 rings (SSSR count). The molecule has 40 valence electrons. The van der Waals surface area contributed by atoms with E-state index in [0.717, 1.165) is 0 Å². The molecule has 0 atom stereocenters. The largest absolute Gasteiger partial charge is 0.560 e. The average molecular weight is 271 g/mol. The second-order valence-corrected chi connectivity index (χ2v) is 0.728. The molecule has 1 N–H and O–H groups in total. The van der Waals surface area contributed by atoms with Crippen LogP contribution in [0.4, 0.5) is 0 Å². The molecule has 0 bridgehead atoms. The molecule has 0 aliphatic rings. The standard InChI is InChI=1S/C3H3O3.W/c1-2(4)3(5)6;/h1H2,(H,5,6);/q-1;. The Hall–Kier alpha value is -0.302. The van der Waals surface area contributed by atoms with Gasteiger partial charge in [-0.3, -0.25) is 0 Å².